The lowest BCUT2D eigenvalue weighted by molar-refractivity contribution is -0.140. The van der Waals surface area contributed by atoms with E-state index in [4.69, 9.17) is 11.2 Å². The van der Waals surface area contributed by atoms with Crippen LogP contribution in [0.15, 0.2) is 18.2 Å². The molecule has 1 rings (SSSR count). The fourth-order valence-corrected chi connectivity index (χ4v) is 3.27. The summed E-state index contributed by atoms with van der Waals surface area (Å²) >= 11 is 0. The Labute approximate surface area is 203 Å². The van der Waals surface area contributed by atoms with Gasteiger partial charge in [0.25, 0.3) is 5.91 Å². The second-order valence-corrected chi connectivity index (χ2v) is 10.5. The lowest BCUT2D eigenvalue weighted by Crippen LogP contribution is -2.55. The molecule has 3 N–H and O–H groups in total. The SMILES string of the molecule is C#CN(C(=O)C(NC(=O)OC(C)(C)C)C(C)CC)C(C(=O)NC(C)(C)C)c1cccc(C)c1O. The summed E-state index contributed by atoms with van der Waals surface area (Å²) in [7, 11) is 0. The zero-order chi connectivity index (χ0) is 26.4. The molecule has 0 aromatic heterocycles. The number of terminal acetylenes is 1. The second kappa shape index (κ2) is 11.3. The lowest BCUT2D eigenvalue weighted by atomic mass is 9.95. The molecule has 34 heavy (non-hydrogen) atoms. The topological polar surface area (TPSA) is 108 Å². The summed E-state index contributed by atoms with van der Waals surface area (Å²) in [5.74, 6) is -1.66. The number of nitrogens with one attached hydrogen (secondary N) is 2. The van der Waals surface area contributed by atoms with Gasteiger partial charge in [-0.25, -0.2) is 4.79 Å². The van der Waals surface area contributed by atoms with E-state index in [-0.39, 0.29) is 17.2 Å². The van der Waals surface area contributed by atoms with Gasteiger partial charge in [-0.05, 0) is 59.9 Å². The molecule has 1 aromatic carbocycles. The number of aryl methyl sites for hydroxylation is 1. The van der Waals surface area contributed by atoms with Gasteiger partial charge in [-0.3, -0.25) is 14.5 Å². The van der Waals surface area contributed by atoms with Crippen LogP contribution in [0.4, 0.5) is 4.79 Å². The summed E-state index contributed by atoms with van der Waals surface area (Å²) in [6.07, 6.45) is 5.55. The van der Waals surface area contributed by atoms with Gasteiger partial charge in [0.1, 0.15) is 17.4 Å². The molecule has 0 aliphatic heterocycles. The minimum Gasteiger partial charge on any atom is -0.507 e. The largest absolute Gasteiger partial charge is 0.507 e. The van der Waals surface area contributed by atoms with Gasteiger partial charge in [-0.2, -0.15) is 0 Å². The van der Waals surface area contributed by atoms with E-state index < -0.39 is 41.1 Å². The monoisotopic (exact) mass is 473 g/mol. The molecule has 8 heteroatoms. The van der Waals surface area contributed by atoms with E-state index in [1.54, 1.807) is 73.6 Å². The number of carbonyl (C=O) groups is 3. The van der Waals surface area contributed by atoms with E-state index in [1.807, 2.05) is 6.92 Å². The second-order valence-electron chi connectivity index (χ2n) is 10.5. The molecule has 0 heterocycles. The number of rotatable bonds is 7. The van der Waals surface area contributed by atoms with Gasteiger partial charge in [0.05, 0.1) is 0 Å². The number of carbonyl (C=O) groups excluding carboxylic acids is 3. The number of benzene rings is 1. The number of aromatic hydroxyl groups is 1. The summed E-state index contributed by atoms with van der Waals surface area (Å²) < 4.78 is 5.33. The third-order valence-electron chi connectivity index (χ3n) is 5.10. The van der Waals surface area contributed by atoms with Crippen molar-refractivity contribution in [2.24, 2.45) is 5.92 Å². The van der Waals surface area contributed by atoms with Gasteiger partial charge in [-0.1, -0.05) is 44.9 Å². The molecule has 0 aliphatic rings. The summed E-state index contributed by atoms with van der Waals surface area (Å²) in [6.45, 7) is 15.9. The number of hydrogen-bond donors (Lipinski definition) is 3. The van der Waals surface area contributed by atoms with Crippen LogP contribution in [0.5, 0.6) is 5.75 Å². The average Bonchev–Trinajstić information content (AvgIpc) is 2.69. The van der Waals surface area contributed by atoms with Crippen molar-refractivity contribution in [2.75, 3.05) is 0 Å². The van der Waals surface area contributed by atoms with E-state index in [1.165, 1.54) is 0 Å². The number of para-hydroxylation sites is 1. The van der Waals surface area contributed by atoms with E-state index in [9.17, 15) is 19.5 Å². The Bertz CT molecular complexity index is 937. The molecular weight excluding hydrogens is 434 g/mol. The van der Waals surface area contributed by atoms with Crippen molar-refractivity contribution >= 4 is 17.9 Å². The highest BCUT2D eigenvalue weighted by Crippen LogP contribution is 2.32. The third-order valence-corrected chi connectivity index (χ3v) is 5.10. The molecule has 0 radical (unpaired) electrons. The Morgan fingerprint density at radius 1 is 1.18 bits per heavy atom. The van der Waals surface area contributed by atoms with Crippen LogP contribution in [0, 0.1) is 25.3 Å². The van der Waals surface area contributed by atoms with Crippen LogP contribution in [-0.2, 0) is 14.3 Å². The van der Waals surface area contributed by atoms with Crippen LogP contribution < -0.4 is 10.6 Å². The molecule has 0 saturated heterocycles. The van der Waals surface area contributed by atoms with Crippen molar-refractivity contribution in [3.63, 3.8) is 0 Å². The van der Waals surface area contributed by atoms with Crippen LogP contribution in [0.2, 0.25) is 0 Å². The number of amides is 3. The summed E-state index contributed by atoms with van der Waals surface area (Å²) in [6, 6.07) is 4.86. The molecule has 8 nitrogen and oxygen atoms in total. The van der Waals surface area contributed by atoms with Gasteiger partial charge < -0.3 is 20.5 Å². The number of nitrogens with zero attached hydrogens (tertiary/aromatic N) is 1. The molecule has 0 aliphatic carbocycles. The summed E-state index contributed by atoms with van der Waals surface area (Å²) in [5.41, 5.74) is -0.668. The highest BCUT2D eigenvalue weighted by atomic mass is 16.6. The minimum atomic E-state index is -1.32. The molecule has 188 valence electrons. The molecule has 1 aromatic rings. The Morgan fingerprint density at radius 3 is 2.24 bits per heavy atom. The maximum absolute atomic E-state index is 13.7. The maximum atomic E-state index is 13.7. The first-order valence-corrected chi connectivity index (χ1v) is 11.4. The molecular formula is C26H39N3O5. The Morgan fingerprint density at radius 2 is 1.76 bits per heavy atom. The molecule has 0 bridgehead atoms. The number of phenols is 1. The van der Waals surface area contributed by atoms with Gasteiger partial charge in [0, 0.05) is 17.1 Å². The molecule has 3 atom stereocenters. The fourth-order valence-electron chi connectivity index (χ4n) is 3.27. The summed E-state index contributed by atoms with van der Waals surface area (Å²) in [5, 5.41) is 16.2. The first kappa shape index (κ1) is 28.8. The van der Waals surface area contributed by atoms with Crippen molar-refractivity contribution in [1.82, 2.24) is 15.5 Å². The zero-order valence-electron chi connectivity index (χ0n) is 21.8. The maximum Gasteiger partial charge on any atom is 0.408 e. The molecule has 0 spiro atoms. The standard InChI is InChI=1S/C26H39N3O5/c1-11-16(3)19(27-24(33)34-26(8,9)10)23(32)29(12-2)20(22(31)28-25(5,6)7)18-15-13-14-17(4)21(18)30/h2,13-16,19-20,30H,11H2,1,3-10H3,(H,27,33)(H,28,31). The van der Waals surface area contributed by atoms with Gasteiger partial charge in [-0.15, -0.1) is 0 Å². The Balaban J connectivity index is 3.53. The highest BCUT2D eigenvalue weighted by molar-refractivity contribution is 5.94. The van der Waals surface area contributed by atoms with Crippen LogP contribution in [-0.4, -0.2) is 45.1 Å². The first-order valence-electron chi connectivity index (χ1n) is 11.4. The van der Waals surface area contributed by atoms with Crippen molar-refractivity contribution < 1.29 is 24.2 Å². The number of alkyl carbamates (subject to hydrolysis) is 1. The van der Waals surface area contributed by atoms with Crippen LogP contribution >= 0.6 is 0 Å². The number of phenolic OH excluding ortho intramolecular Hbond substituents is 1. The molecule has 3 unspecified atom stereocenters. The quantitative estimate of drug-likeness (QED) is 0.410. The van der Waals surface area contributed by atoms with Crippen molar-refractivity contribution in [3.8, 4) is 18.2 Å². The van der Waals surface area contributed by atoms with Crippen molar-refractivity contribution in [1.29, 1.82) is 0 Å². The fraction of sp³-hybridized carbons (Fsp3) is 0.577. The van der Waals surface area contributed by atoms with E-state index in [0.717, 1.165) is 4.90 Å². The Hall–Kier alpha value is -3.21. The normalized spacial score (nSPS) is 14.2. The lowest BCUT2D eigenvalue weighted by Gasteiger charge is -2.34. The highest BCUT2D eigenvalue weighted by Gasteiger charge is 2.39. The van der Waals surface area contributed by atoms with Gasteiger partial charge in [0.2, 0.25) is 5.91 Å². The third kappa shape index (κ3) is 7.98. The number of hydrogen-bond acceptors (Lipinski definition) is 5. The molecule has 3 amide bonds. The summed E-state index contributed by atoms with van der Waals surface area (Å²) in [4.78, 5) is 40.5. The molecule has 0 saturated carbocycles. The predicted molar refractivity (Wildman–Crippen MR) is 132 cm³/mol. The zero-order valence-corrected chi connectivity index (χ0v) is 21.8. The minimum absolute atomic E-state index is 0.134. The van der Waals surface area contributed by atoms with Crippen LogP contribution in [0.1, 0.15) is 79.0 Å². The number of ether oxygens (including phenoxy) is 1. The van der Waals surface area contributed by atoms with E-state index >= 15 is 0 Å². The predicted octanol–water partition coefficient (Wildman–Crippen LogP) is 4.02. The smallest absolute Gasteiger partial charge is 0.408 e. The van der Waals surface area contributed by atoms with Crippen molar-refractivity contribution in [2.45, 2.75) is 92.0 Å². The first-order chi connectivity index (χ1) is 15.5. The molecule has 0 fully saturated rings. The van der Waals surface area contributed by atoms with Gasteiger partial charge in [0.15, 0.2) is 6.04 Å². The van der Waals surface area contributed by atoms with Crippen molar-refractivity contribution in [3.05, 3.63) is 29.3 Å². The average molecular weight is 474 g/mol. The van der Waals surface area contributed by atoms with Crippen LogP contribution in [0.25, 0.3) is 0 Å². The van der Waals surface area contributed by atoms with E-state index in [0.29, 0.717) is 12.0 Å². The van der Waals surface area contributed by atoms with Crippen LogP contribution in [0.3, 0.4) is 0 Å². The Kier molecular flexibility index (Phi) is 9.56. The van der Waals surface area contributed by atoms with E-state index in [2.05, 4.69) is 16.7 Å². The van der Waals surface area contributed by atoms with Gasteiger partial charge >= 0.3 is 6.09 Å².